The molecule has 2 aromatic carbocycles. The number of benzene rings is 2. The number of fused-ring (bicyclic) bond motifs is 2. The fourth-order valence-corrected chi connectivity index (χ4v) is 4.55. The molecule has 2 N–H and O–H groups in total. The third kappa shape index (κ3) is 3.96. The van der Waals surface area contributed by atoms with Gasteiger partial charge in [0.25, 0.3) is 0 Å². The van der Waals surface area contributed by atoms with Gasteiger partial charge in [-0.25, -0.2) is 4.39 Å². The minimum atomic E-state index is -0.252. The van der Waals surface area contributed by atoms with Crippen LogP contribution < -0.4 is 0 Å². The molecule has 0 radical (unpaired) electrons. The first-order valence-corrected chi connectivity index (χ1v) is 11.4. The zero-order valence-corrected chi connectivity index (χ0v) is 19.4. The van der Waals surface area contributed by atoms with Crippen molar-refractivity contribution in [3.05, 3.63) is 90.6 Å². The van der Waals surface area contributed by atoms with Gasteiger partial charge in [0.15, 0.2) is 0 Å². The van der Waals surface area contributed by atoms with Crippen molar-refractivity contribution in [3.8, 4) is 33.8 Å². The van der Waals surface area contributed by atoms with Crippen LogP contribution in [0.2, 0.25) is 0 Å². The Morgan fingerprint density at radius 3 is 2.60 bits per heavy atom. The molecule has 7 heteroatoms. The third-order valence-corrected chi connectivity index (χ3v) is 6.09. The number of nitrogens with zero attached hydrogens (tertiary/aromatic N) is 4. The SMILES string of the molecule is CN(C)Cc1cncc(-c2cc3c(-c4cc5c(-c6cccc(F)c6)cccc5[nH]4)n[nH]c3cn2)c1. The van der Waals surface area contributed by atoms with Crippen LogP contribution in [0.15, 0.2) is 79.3 Å². The Balaban J connectivity index is 1.45. The lowest BCUT2D eigenvalue weighted by Crippen LogP contribution is -2.10. The van der Waals surface area contributed by atoms with Gasteiger partial charge in [0, 0.05) is 40.8 Å². The maximum atomic E-state index is 13.9. The number of hydrogen-bond donors (Lipinski definition) is 2. The molecule has 0 spiro atoms. The summed E-state index contributed by atoms with van der Waals surface area (Å²) in [6.45, 7) is 0.808. The summed E-state index contributed by atoms with van der Waals surface area (Å²) in [5.41, 5.74) is 8.24. The first kappa shape index (κ1) is 21.2. The summed E-state index contributed by atoms with van der Waals surface area (Å²) < 4.78 is 13.9. The van der Waals surface area contributed by atoms with Crippen LogP contribution in [0, 0.1) is 5.82 Å². The Morgan fingerprint density at radius 1 is 0.857 bits per heavy atom. The minimum Gasteiger partial charge on any atom is -0.353 e. The molecule has 6 nitrogen and oxygen atoms in total. The highest BCUT2D eigenvalue weighted by molar-refractivity contribution is 6.01. The topological polar surface area (TPSA) is 73.5 Å². The summed E-state index contributed by atoms with van der Waals surface area (Å²) in [4.78, 5) is 14.7. The van der Waals surface area contributed by atoms with Crippen LogP contribution in [0.25, 0.3) is 55.6 Å². The van der Waals surface area contributed by atoms with Crippen LogP contribution in [0.3, 0.4) is 0 Å². The van der Waals surface area contributed by atoms with Gasteiger partial charge in [0.05, 0.1) is 23.1 Å². The van der Waals surface area contributed by atoms with E-state index in [0.717, 1.165) is 67.7 Å². The molecule has 4 heterocycles. The zero-order valence-electron chi connectivity index (χ0n) is 19.4. The highest BCUT2D eigenvalue weighted by atomic mass is 19.1. The lowest BCUT2D eigenvalue weighted by Gasteiger charge is -2.10. The standard InChI is InChI=1S/C28H23FN6/c1-35(2)16-17-9-19(14-30-13-17)25-12-23-27(15-31-25)33-34-28(23)26-11-22-21(7-4-8-24(22)32-26)18-5-3-6-20(29)10-18/h3-15,32H,16H2,1-2H3,(H,33,34). The van der Waals surface area contributed by atoms with E-state index in [1.165, 1.54) is 6.07 Å². The predicted octanol–water partition coefficient (Wildman–Crippen LogP) is 6.04. The van der Waals surface area contributed by atoms with E-state index >= 15 is 0 Å². The highest BCUT2D eigenvalue weighted by Gasteiger charge is 2.15. The molecule has 35 heavy (non-hydrogen) atoms. The van der Waals surface area contributed by atoms with Crippen molar-refractivity contribution >= 4 is 21.8 Å². The highest BCUT2D eigenvalue weighted by Crippen LogP contribution is 2.35. The minimum absolute atomic E-state index is 0.252. The number of pyridine rings is 2. The first-order chi connectivity index (χ1) is 17.0. The summed E-state index contributed by atoms with van der Waals surface area (Å²) in [7, 11) is 4.07. The maximum absolute atomic E-state index is 13.9. The lowest BCUT2D eigenvalue weighted by atomic mass is 10.0. The molecule has 172 valence electrons. The Kier molecular flexibility index (Phi) is 5.12. The van der Waals surface area contributed by atoms with Crippen molar-refractivity contribution in [3.63, 3.8) is 0 Å². The van der Waals surface area contributed by atoms with Crippen LogP contribution in [-0.2, 0) is 6.54 Å². The maximum Gasteiger partial charge on any atom is 0.123 e. The summed E-state index contributed by atoms with van der Waals surface area (Å²) >= 11 is 0. The molecule has 0 aliphatic rings. The van der Waals surface area contributed by atoms with Crippen molar-refractivity contribution in [1.29, 1.82) is 0 Å². The molecule has 0 fully saturated rings. The van der Waals surface area contributed by atoms with Crippen molar-refractivity contribution in [2.45, 2.75) is 6.54 Å². The number of H-pyrrole nitrogens is 2. The van der Waals surface area contributed by atoms with E-state index in [2.05, 4.69) is 42.2 Å². The van der Waals surface area contributed by atoms with E-state index < -0.39 is 0 Å². The van der Waals surface area contributed by atoms with E-state index in [1.54, 1.807) is 18.3 Å². The molecular weight excluding hydrogens is 439 g/mol. The second-order valence-corrected chi connectivity index (χ2v) is 8.97. The molecule has 4 aromatic heterocycles. The van der Waals surface area contributed by atoms with Crippen molar-refractivity contribution in [2.24, 2.45) is 0 Å². The van der Waals surface area contributed by atoms with Crippen molar-refractivity contribution in [1.82, 2.24) is 30.0 Å². The van der Waals surface area contributed by atoms with E-state index in [0.29, 0.717) is 0 Å². The Bertz CT molecular complexity index is 1680. The Labute approximate surface area is 201 Å². The fraction of sp³-hybridized carbons (Fsp3) is 0.107. The van der Waals surface area contributed by atoms with Gasteiger partial charge < -0.3 is 9.88 Å². The molecule has 0 aliphatic carbocycles. The van der Waals surface area contributed by atoms with Gasteiger partial charge in [-0.2, -0.15) is 5.10 Å². The molecule has 0 amide bonds. The number of rotatable bonds is 5. The first-order valence-electron chi connectivity index (χ1n) is 11.4. The van der Waals surface area contributed by atoms with Gasteiger partial charge in [-0.05, 0) is 67.2 Å². The van der Waals surface area contributed by atoms with Crippen LogP contribution in [0.1, 0.15) is 5.56 Å². The summed E-state index contributed by atoms with van der Waals surface area (Å²) in [5.74, 6) is -0.252. The smallest absolute Gasteiger partial charge is 0.123 e. The van der Waals surface area contributed by atoms with Gasteiger partial charge in [-0.3, -0.25) is 15.1 Å². The molecule has 0 aliphatic heterocycles. The number of hydrogen-bond acceptors (Lipinski definition) is 4. The molecular formula is C28H23FN6. The Morgan fingerprint density at radius 2 is 1.74 bits per heavy atom. The van der Waals surface area contributed by atoms with Gasteiger partial charge in [0.2, 0.25) is 0 Å². The van der Waals surface area contributed by atoms with Gasteiger partial charge in [-0.15, -0.1) is 0 Å². The van der Waals surface area contributed by atoms with Gasteiger partial charge >= 0.3 is 0 Å². The lowest BCUT2D eigenvalue weighted by molar-refractivity contribution is 0.402. The largest absolute Gasteiger partial charge is 0.353 e. The molecule has 0 bridgehead atoms. The van der Waals surface area contributed by atoms with E-state index in [4.69, 9.17) is 0 Å². The monoisotopic (exact) mass is 462 g/mol. The Hall–Kier alpha value is -4.36. The predicted molar refractivity (Wildman–Crippen MR) is 137 cm³/mol. The molecule has 6 aromatic rings. The third-order valence-electron chi connectivity index (χ3n) is 6.09. The van der Waals surface area contributed by atoms with Crippen LogP contribution >= 0.6 is 0 Å². The van der Waals surface area contributed by atoms with Gasteiger partial charge in [-0.1, -0.05) is 24.3 Å². The number of aromatic amines is 2. The zero-order chi connectivity index (χ0) is 23.9. The van der Waals surface area contributed by atoms with Gasteiger partial charge in [0.1, 0.15) is 11.5 Å². The van der Waals surface area contributed by atoms with Crippen molar-refractivity contribution < 1.29 is 4.39 Å². The summed E-state index contributed by atoms with van der Waals surface area (Å²) in [5, 5.41) is 9.66. The van der Waals surface area contributed by atoms with E-state index in [1.807, 2.05) is 56.8 Å². The second kappa shape index (κ2) is 8.45. The van der Waals surface area contributed by atoms with E-state index in [-0.39, 0.29) is 5.82 Å². The number of halogens is 1. The molecule has 0 saturated carbocycles. The molecule has 0 unspecified atom stereocenters. The second-order valence-electron chi connectivity index (χ2n) is 8.97. The summed E-state index contributed by atoms with van der Waals surface area (Å²) in [6, 6.07) is 18.9. The van der Waals surface area contributed by atoms with Crippen LogP contribution in [0.5, 0.6) is 0 Å². The molecule has 0 atom stereocenters. The van der Waals surface area contributed by atoms with Crippen molar-refractivity contribution in [2.75, 3.05) is 14.1 Å². The normalized spacial score (nSPS) is 11.7. The summed E-state index contributed by atoms with van der Waals surface area (Å²) in [6.07, 6.45) is 5.52. The number of aromatic nitrogens is 5. The molecule has 0 saturated heterocycles. The quantitative estimate of drug-likeness (QED) is 0.328. The average Bonchev–Trinajstić information content (AvgIpc) is 3.47. The van der Waals surface area contributed by atoms with Crippen LogP contribution in [0.4, 0.5) is 4.39 Å². The average molecular weight is 463 g/mol. The van der Waals surface area contributed by atoms with E-state index in [9.17, 15) is 4.39 Å². The number of nitrogens with one attached hydrogen (secondary N) is 2. The molecule has 6 rings (SSSR count). The fourth-order valence-electron chi connectivity index (χ4n) is 4.55. The van der Waals surface area contributed by atoms with Crippen LogP contribution in [-0.4, -0.2) is 44.1 Å².